The minimum atomic E-state index is -0.628. The molecule has 2 heterocycles. The zero-order valence-corrected chi connectivity index (χ0v) is 11.4. The van der Waals surface area contributed by atoms with Crippen LogP contribution in [0.4, 0.5) is 5.82 Å². The van der Waals surface area contributed by atoms with E-state index in [0.29, 0.717) is 21.7 Å². The number of rotatable bonds is 2. The molecule has 0 saturated carbocycles. The van der Waals surface area contributed by atoms with Gasteiger partial charge in [-0.05, 0) is 24.3 Å². The third kappa shape index (κ3) is 2.48. The van der Waals surface area contributed by atoms with E-state index in [-0.39, 0.29) is 5.69 Å². The van der Waals surface area contributed by atoms with Crippen molar-refractivity contribution < 1.29 is 4.79 Å². The van der Waals surface area contributed by atoms with Gasteiger partial charge in [0.2, 0.25) is 5.43 Å². The quantitative estimate of drug-likeness (QED) is 0.759. The number of anilines is 1. The van der Waals surface area contributed by atoms with Gasteiger partial charge in [-0.2, -0.15) is 5.10 Å². The molecule has 0 aliphatic carbocycles. The van der Waals surface area contributed by atoms with Gasteiger partial charge in [-0.3, -0.25) is 14.7 Å². The van der Waals surface area contributed by atoms with Crippen LogP contribution in [0.3, 0.4) is 0 Å². The van der Waals surface area contributed by atoms with Crippen molar-refractivity contribution in [2.75, 3.05) is 5.32 Å². The molecule has 3 rings (SSSR count). The maximum Gasteiger partial charge on any atom is 0.281 e. The number of hydrogen-bond donors (Lipinski definition) is 2. The predicted octanol–water partition coefficient (Wildman–Crippen LogP) is 2.22. The summed E-state index contributed by atoms with van der Waals surface area (Å²) in [5.74, 6) is -0.285. The smallest absolute Gasteiger partial charge is 0.281 e. The highest BCUT2D eigenvalue weighted by Crippen LogP contribution is 2.17. The van der Waals surface area contributed by atoms with E-state index < -0.39 is 11.3 Å². The van der Waals surface area contributed by atoms with Gasteiger partial charge in [0.15, 0.2) is 5.69 Å². The second-order valence-corrected chi connectivity index (χ2v) is 4.64. The number of hydrogen-bond acceptors (Lipinski definition) is 4. The lowest BCUT2D eigenvalue weighted by atomic mass is 10.2. The molecule has 0 bridgehead atoms. The maximum absolute atomic E-state index is 12.3. The summed E-state index contributed by atoms with van der Waals surface area (Å²) >= 11 is 5.97. The highest BCUT2D eigenvalue weighted by Gasteiger charge is 2.16. The molecule has 104 valence electrons. The number of fused-ring (bicyclic) bond motifs is 1. The van der Waals surface area contributed by atoms with Gasteiger partial charge in [-0.15, -0.1) is 0 Å². The number of carbonyl (C=O) groups is 1. The first-order valence-electron chi connectivity index (χ1n) is 6.06. The minimum Gasteiger partial charge on any atom is -0.305 e. The minimum absolute atomic E-state index is 0.240. The van der Waals surface area contributed by atoms with Crippen LogP contribution in [0.5, 0.6) is 0 Å². The zero-order valence-electron chi connectivity index (χ0n) is 10.6. The topological polar surface area (TPSA) is 87.7 Å². The lowest BCUT2D eigenvalue weighted by molar-refractivity contribution is 0.102. The second-order valence-electron chi connectivity index (χ2n) is 4.23. The molecule has 0 spiro atoms. The standard InChI is InChI=1S/C14H9ClN4O2/c15-9-5-3-4-8-11(9)18-19-12(13(8)20)14(21)17-10-6-1-2-7-16-10/h1-7H,(H,18,20)(H,16,17,21). The molecule has 6 nitrogen and oxygen atoms in total. The van der Waals surface area contributed by atoms with Crippen LogP contribution in [0.2, 0.25) is 5.02 Å². The normalized spacial score (nSPS) is 10.5. The SMILES string of the molecule is O=C(Nc1ccccn1)c1n[nH]c2c(Cl)cccc2c1=O. The van der Waals surface area contributed by atoms with Gasteiger partial charge in [0.05, 0.1) is 15.9 Å². The molecule has 21 heavy (non-hydrogen) atoms. The fourth-order valence-corrected chi connectivity index (χ4v) is 2.10. The first-order valence-corrected chi connectivity index (χ1v) is 6.44. The monoisotopic (exact) mass is 300 g/mol. The number of H-pyrrole nitrogens is 1. The van der Waals surface area contributed by atoms with Crippen LogP contribution < -0.4 is 10.7 Å². The Morgan fingerprint density at radius 3 is 2.81 bits per heavy atom. The average molecular weight is 301 g/mol. The van der Waals surface area contributed by atoms with Gasteiger partial charge in [0.1, 0.15) is 5.82 Å². The Kier molecular flexibility index (Phi) is 3.37. The maximum atomic E-state index is 12.3. The second kappa shape index (κ2) is 5.34. The van der Waals surface area contributed by atoms with E-state index in [1.165, 1.54) is 6.20 Å². The largest absolute Gasteiger partial charge is 0.305 e. The third-order valence-electron chi connectivity index (χ3n) is 2.87. The molecule has 0 aliphatic heterocycles. The van der Waals surface area contributed by atoms with Crippen LogP contribution in [-0.2, 0) is 0 Å². The lowest BCUT2D eigenvalue weighted by Crippen LogP contribution is -2.24. The fraction of sp³-hybridized carbons (Fsp3) is 0. The van der Waals surface area contributed by atoms with Crippen molar-refractivity contribution in [3.05, 3.63) is 63.5 Å². The molecular formula is C14H9ClN4O2. The van der Waals surface area contributed by atoms with Gasteiger partial charge in [-0.1, -0.05) is 23.7 Å². The van der Waals surface area contributed by atoms with Crippen LogP contribution in [-0.4, -0.2) is 21.1 Å². The molecule has 3 aromatic rings. The molecule has 2 N–H and O–H groups in total. The lowest BCUT2D eigenvalue weighted by Gasteiger charge is -2.04. The number of aromatic amines is 1. The summed E-state index contributed by atoms with van der Waals surface area (Å²) in [5, 5.41) is 9.62. The van der Waals surface area contributed by atoms with Crippen molar-refractivity contribution in [3.63, 3.8) is 0 Å². The van der Waals surface area contributed by atoms with E-state index >= 15 is 0 Å². The number of nitrogens with one attached hydrogen (secondary N) is 2. The summed E-state index contributed by atoms with van der Waals surface area (Å²) < 4.78 is 0. The van der Waals surface area contributed by atoms with E-state index in [9.17, 15) is 9.59 Å². The Morgan fingerprint density at radius 2 is 2.05 bits per heavy atom. The molecule has 2 aromatic heterocycles. The first-order chi connectivity index (χ1) is 10.2. The van der Waals surface area contributed by atoms with Crippen molar-refractivity contribution in [3.8, 4) is 0 Å². The van der Waals surface area contributed by atoms with Gasteiger partial charge < -0.3 is 5.32 Å². The Bertz CT molecular complexity index is 877. The summed E-state index contributed by atoms with van der Waals surface area (Å²) in [7, 11) is 0. The highest BCUT2D eigenvalue weighted by molar-refractivity contribution is 6.35. The molecule has 0 atom stereocenters. The number of amides is 1. The van der Waals surface area contributed by atoms with Crippen LogP contribution in [0.15, 0.2) is 47.4 Å². The Balaban J connectivity index is 2.03. The summed E-state index contributed by atoms with van der Waals surface area (Å²) in [6.07, 6.45) is 1.54. The molecule has 0 fully saturated rings. The third-order valence-corrected chi connectivity index (χ3v) is 3.19. The van der Waals surface area contributed by atoms with Crippen molar-refractivity contribution in [2.45, 2.75) is 0 Å². The van der Waals surface area contributed by atoms with Crippen LogP contribution in [0.1, 0.15) is 10.5 Å². The van der Waals surface area contributed by atoms with E-state index in [4.69, 9.17) is 11.6 Å². The zero-order chi connectivity index (χ0) is 14.8. The molecule has 7 heteroatoms. The average Bonchev–Trinajstić information content (AvgIpc) is 2.49. The van der Waals surface area contributed by atoms with E-state index in [1.807, 2.05) is 0 Å². The number of aromatic nitrogens is 3. The van der Waals surface area contributed by atoms with Crippen LogP contribution in [0.25, 0.3) is 10.9 Å². The number of para-hydroxylation sites is 1. The van der Waals surface area contributed by atoms with Crippen molar-refractivity contribution >= 4 is 34.2 Å². The van der Waals surface area contributed by atoms with Crippen molar-refractivity contribution in [2.24, 2.45) is 0 Å². The predicted molar refractivity (Wildman–Crippen MR) is 79.6 cm³/mol. The molecule has 1 amide bonds. The summed E-state index contributed by atoms with van der Waals surface area (Å²) in [5.41, 5.74) is -0.325. The number of benzene rings is 1. The highest BCUT2D eigenvalue weighted by atomic mass is 35.5. The molecule has 0 unspecified atom stereocenters. The van der Waals surface area contributed by atoms with Gasteiger partial charge in [0.25, 0.3) is 5.91 Å². The van der Waals surface area contributed by atoms with Crippen LogP contribution in [0, 0.1) is 0 Å². The molecular weight excluding hydrogens is 292 g/mol. The number of nitrogens with zero attached hydrogens (tertiary/aromatic N) is 2. The molecule has 0 saturated heterocycles. The van der Waals surface area contributed by atoms with Crippen molar-refractivity contribution in [1.29, 1.82) is 0 Å². The van der Waals surface area contributed by atoms with Gasteiger partial charge >= 0.3 is 0 Å². The summed E-state index contributed by atoms with van der Waals surface area (Å²) in [6, 6.07) is 9.91. The molecule has 0 radical (unpaired) electrons. The Morgan fingerprint density at radius 1 is 1.19 bits per heavy atom. The fourth-order valence-electron chi connectivity index (χ4n) is 1.88. The Labute approximate surface area is 123 Å². The van der Waals surface area contributed by atoms with E-state index in [2.05, 4.69) is 20.5 Å². The number of pyridine rings is 1. The van der Waals surface area contributed by atoms with Gasteiger partial charge in [-0.25, -0.2) is 4.98 Å². The molecule has 0 aliphatic rings. The number of carbonyl (C=O) groups excluding carboxylic acids is 1. The van der Waals surface area contributed by atoms with E-state index in [0.717, 1.165) is 0 Å². The van der Waals surface area contributed by atoms with E-state index in [1.54, 1.807) is 36.4 Å². The van der Waals surface area contributed by atoms with Gasteiger partial charge in [0, 0.05) is 6.20 Å². The number of halogens is 1. The first kappa shape index (κ1) is 13.3. The Hall–Kier alpha value is -2.73. The molecule has 1 aromatic carbocycles. The van der Waals surface area contributed by atoms with Crippen LogP contribution >= 0.6 is 11.6 Å². The summed E-state index contributed by atoms with van der Waals surface area (Å²) in [4.78, 5) is 28.3. The summed E-state index contributed by atoms with van der Waals surface area (Å²) in [6.45, 7) is 0. The van der Waals surface area contributed by atoms with Crippen molar-refractivity contribution in [1.82, 2.24) is 15.2 Å².